The van der Waals surface area contributed by atoms with Gasteiger partial charge < -0.3 is 14.6 Å². The van der Waals surface area contributed by atoms with Gasteiger partial charge in [0.25, 0.3) is 0 Å². The van der Waals surface area contributed by atoms with E-state index < -0.39 is 11.9 Å². The van der Waals surface area contributed by atoms with Crippen LogP contribution < -0.4 is 5.32 Å². The summed E-state index contributed by atoms with van der Waals surface area (Å²) in [7, 11) is 0. The van der Waals surface area contributed by atoms with E-state index in [9.17, 15) is 14.4 Å². The van der Waals surface area contributed by atoms with Gasteiger partial charge in [-0.15, -0.1) is 0 Å². The molecule has 0 spiro atoms. The van der Waals surface area contributed by atoms with Crippen molar-refractivity contribution in [1.29, 1.82) is 5.26 Å². The highest BCUT2D eigenvalue weighted by molar-refractivity contribution is 6.00. The molecule has 7 nitrogen and oxygen atoms in total. The molecule has 2 aromatic carbocycles. The number of carbonyl (C=O) groups is 3. The average molecular weight is 429 g/mol. The molecule has 0 saturated carbocycles. The van der Waals surface area contributed by atoms with Crippen molar-refractivity contribution in [3.8, 4) is 11.8 Å². The predicted molar refractivity (Wildman–Crippen MR) is 120 cm³/mol. The van der Waals surface area contributed by atoms with Crippen LogP contribution in [0.25, 0.3) is 5.69 Å². The average Bonchev–Trinajstić information content (AvgIpc) is 3.07. The molecule has 0 unspecified atom stereocenters. The SMILES string of the molecule is Cc1ccc(-n2c(C)cc(C(=O)COC(=O)c3ccc(NC(=O)CC#N)cc3)c2C)cc1. The van der Waals surface area contributed by atoms with Gasteiger partial charge >= 0.3 is 5.97 Å². The van der Waals surface area contributed by atoms with Gasteiger partial charge in [0.1, 0.15) is 6.42 Å². The highest BCUT2D eigenvalue weighted by Gasteiger charge is 2.18. The molecule has 1 heterocycles. The first kappa shape index (κ1) is 22.5. The number of amides is 1. The van der Waals surface area contributed by atoms with Crippen LogP contribution in [0.3, 0.4) is 0 Å². The Bertz CT molecular complexity index is 1200. The van der Waals surface area contributed by atoms with E-state index in [-0.39, 0.29) is 24.4 Å². The summed E-state index contributed by atoms with van der Waals surface area (Å²) in [6.07, 6.45) is -0.254. The Morgan fingerprint density at radius 3 is 2.28 bits per heavy atom. The van der Waals surface area contributed by atoms with Crippen LogP contribution in [0.15, 0.2) is 54.6 Å². The molecule has 1 aromatic heterocycles. The number of nitrogens with zero attached hydrogens (tertiary/aromatic N) is 2. The summed E-state index contributed by atoms with van der Waals surface area (Å²) < 4.78 is 7.20. The summed E-state index contributed by atoms with van der Waals surface area (Å²) in [4.78, 5) is 36.5. The van der Waals surface area contributed by atoms with Gasteiger partial charge in [-0.25, -0.2) is 4.79 Å². The van der Waals surface area contributed by atoms with Crippen LogP contribution in [0.2, 0.25) is 0 Å². The molecule has 0 saturated heterocycles. The molecule has 3 aromatic rings. The van der Waals surface area contributed by atoms with Crippen LogP contribution in [0.5, 0.6) is 0 Å². The summed E-state index contributed by atoms with van der Waals surface area (Å²) >= 11 is 0. The van der Waals surface area contributed by atoms with Crippen LogP contribution in [0.4, 0.5) is 5.69 Å². The monoisotopic (exact) mass is 429 g/mol. The summed E-state index contributed by atoms with van der Waals surface area (Å²) in [6, 6.07) is 17.6. The fourth-order valence-corrected chi connectivity index (χ4v) is 3.40. The van der Waals surface area contributed by atoms with Crippen molar-refractivity contribution in [3.05, 3.63) is 82.7 Å². The van der Waals surface area contributed by atoms with Crippen molar-refractivity contribution in [2.75, 3.05) is 11.9 Å². The number of nitrogens with one attached hydrogen (secondary N) is 1. The number of hydrogen-bond donors (Lipinski definition) is 1. The van der Waals surface area contributed by atoms with Crippen LogP contribution >= 0.6 is 0 Å². The lowest BCUT2D eigenvalue weighted by atomic mass is 10.1. The number of hydrogen-bond acceptors (Lipinski definition) is 5. The second-order valence-corrected chi connectivity index (χ2v) is 7.42. The lowest BCUT2D eigenvalue weighted by molar-refractivity contribution is -0.115. The van der Waals surface area contributed by atoms with Crippen molar-refractivity contribution in [2.24, 2.45) is 0 Å². The van der Waals surface area contributed by atoms with Crippen LogP contribution in [0.1, 0.15) is 44.1 Å². The zero-order valence-electron chi connectivity index (χ0n) is 18.1. The fourth-order valence-electron chi connectivity index (χ4n) is 3.40. The number of aryl methyl sites for hydroxylation is 2. The summed E-state index contributed by atoms with van der Waals surface area (Å²) in [6.45, 7) is 5.42. The summed E-state index contributed by atoms with van der Waals surface area (Å²) in [5, 5.41) is 11.1. The standard InChI is InChI=1S/C25H23N3O4/c1-16-4-10-21(11-5-16)28-17(2)14-22(18(28)3)23(29)15-32-25(31)19-6-8-20(9-7-19)27-24(30)12-13-26/h4-11,14H,12,15H2,1-3H3,(H,27,30). The molecule has 0 aliphatic rings. The number of benzene rings is 2. The Kier molecular flexibility index (Phi) is 6.86. The molecule has 0 aliphatic heterocycles. The maximum atomic E-state index is 12.7. The molecule has 0 fully saturated rings. The molecule has 162 valence electrons. The van der Waals surface area contributed by atoms with Gasteiger partial charge in [-0.2, -0.15) is 5.26 Å². The second kappa shape index (κ2) is 9.75. The molecule has 0 radical (unpaired) electrons. The first-order valence-electron chi connectivity index (χ1n) is 10.0. The number of anilines is 1. The molecular formula is C25H23N3O4. The minimum Gasteiger partial charge on any atom is -0.454 e. The summed E-state index contributed by atoms with van der Waals surface area (Å²) in [5.74, 6) is -1.36. The minimum absolute atomic E-state index is 0.251. The van der Waals surface area contributed by atoms with E-state index in [1.165, 1.54) is 24.3 Å². The van der Waals surface area contributed by atoms with Gasteiger partial charge in [-0.05, 0) is 63.2 Å². The molecule has 7 heteroatoms. The first-order valence-corrected chi connectivity index (χ1v) is 10.0. The number of carbonyl (C=O) groups excluding carboxylic acids is 3. The maximum absolute atomic E-state index is 12.7. The van der Waals surface area contributed by atoms with Crippen LogP contribution in [-0.2, 0) is 9.53 Å². The number of ether oxygens (including phenoxy) is 1. The minimum atomic E-state index is -0.638. The molecule has 0 aliphatic carbocycles. The van der Waals surface area contributed by atoms with Crippen molar-refractivity contribution in [2.45, 2.75) is 27.2 Å². The number of nitriles is 1. The van der Waals surface area contributed by atoms with Crippen molar-refractivity contribution in [1.82, 2.24) is 4.57 Å². The molecule has 1 amide bonds. The predicted octanol–water partition coefficient (Wildman–Crippen LogP) is 4.29. The van der Waals surface area contributed by atoms with E-state index in [2.05, 4.69) is 5.32 Å². The third-order valence-corrected chi connectivity index (χ3v) is 5.00. The van der Waals surface area contributed by atoms with Gasteiger partial charge in [0, 0.05) is 28.3 Å². The van der Waals surface area contributed by atoms with Crippen LogP contribution in [0, 0.1) is 32.1 Å². The normalized spacial score (nSPS) is 10.3. The third-order valence-electron chi connectivity index (χ3n) is 5.00. The molecule has 32 heavy (non-hydrogen) atoms. The fraction of sp³-hybridized carbons (Fsp3) is 0.200. The van der Waals surface area contributed by atoms with Gasteiger partial charge in [0.2, 0.25) is 11.7 Å². The molecular weight excluding hydrogens is 406 g/mol. The van der Waals surface area contributed by atoms with Crippen molar-refractivity contribution in [3.63, 3.8) is 0 Å². The van der Waals surface area contributed by atoms with Gasteiger partial charge in [-0.1, -0.05) is 17.7 Å². The Labute approximate surface area is 186 Å². The maximum Gasteiger partial charge on any atom is 0.338 e. The number of rotatable bonds is 7. The van der Waals surface area contributed by atoms with E-state index in [0.717, 1.165) is 22.6 Å². The van der Waals surface area contributed by atoms with Crippen LogP contribution in [-0.4, -0.2) is 28.8 Å². The zero-order valence-corrected chi connectivity index (χ0v) is 18.1. The van der Waals surface area contributed by atoms with E-state index >= 15 is 0 Å². The highest BCUT2D eigenvalue weighted by Crippen LogP contribution is 2.22. The number of ketones is 1. The molecule has 3 rings (SSSR count). The Balaban J connectivity index is 1.65. The zero-order chi connectivity index (χ0) is 23.3. The van der Waals surface area contributed by atoms with E-state index in [1.54, 1.807) is 12.1 Å². The lowest BCUT2D eigenvalue weighted by Gasteiger charge is -2.10. The Hall–Kier alpha value is -4.18. The van der Waals surface area contributed by atoms with E-state index in [0.29, 0.717) is 11.3 Å². The highest BCUT2D eigenvalue weighted by atomic mass is 16.5. The first-order chi connectivity index (χ1) is 15.3. The topological polar surface area (TPSA) is 101 Å². The molecule has 0 bridgehead atoms. The van der Waals surface area contributed by atoms with Crippen molar-refractivity contribution >= 4 is 23.3 Å². The Morgan fingerprint density at radius 1 is 1.00 bits per heavy atom. The third kappa shape index (κ3) is 5.10. The largest absolute Gasteiger partial charge is 0.454 e. The number of esters is 1. The van der Waals surface area contributed by atoms with E-state index in [4.69, 9.17) is 10.00 Å². The quantitative estimate of drug-likeness (QED) is 0.446. The smallest absolute Gasteiger partial charge is 0.338 e. The van der Waals surface area contributed by atoms with Crippen molar-refractivity contribution < 1.29 is 19.1 Å². The van der Waals surface area contributed by atoms with Gasteiger partial charge in [-0.3, -0.25) is 9.59 Å². The lowest BCUT2D eigenvalue weighted by Crippen LogP contribution is -2.15. The molecule has 0 atom stereocenters. The number of aromatic nitrogens is 1. The number of Topliss-reactive ketones (excluding diaryl/α,β-unsaturated/α-hetero) is 1. The summed E-state index contributed by atoms with van der Waals surface area (Å²) in [5.41, 5.74) is 5.02. The van der Waals surface area contributed by atoms with E-state index in [1.807, 2.05) is 49.6 Å². The molecule has 1 N–H and O–H groups in total. The Morgan fingerprint density at radius 2 is 1.66 bits per heavy atom. The second-order valence-electron chi connectivity index (χ2n) is 7.42. The van der Waals surface area contributed by atoms with Gasteiger partial charge in [0.05, 0.1) is 11.6 Å². The van der Waals surface area contributed by atoms with Gasteiger partial charge in [0.15, 0.2) is 6.61 Å².